The molecule has 3 heteroatoms. The first kappa shape index (κ1) is 13.9. The zero-order chi connectivity index (χ0) is 12.1. The second-order valence-corrected chi connectivity index (χ2v) is 5.63. The first-order chi connectivity index (χ1) is 7.54. The van der Waals surface area contributed by atoms with Crippen LogP contribution in [0, 0.1) is 5.92 Å². The van der Waals surface area contributed by atoms with Gasteiger partial charge in [-0.3, -0.25) is 0 Å². The van der Waals surface area contributed by atoms with Crippen molar-refractivity contribution in [1.82, 2.24) is 15.1 Å². The van der Waals surface area contributed by atoms with Crippen LogP contribution >= 0.6 is 0 Å². The molecule has 1 rings (SSSR count). The summed E-state index contributed by atoms with van der Waals surface area (Å²) < 4.78 is 0. The molecule has 1 aliphatic rings. The molecule has 0 aromatic carbocycles. The number of nitrogens with one attached hydrogen (secondary N) is 1. The summed E-state index contributed by atoms with van der Waals surface area (Å²) in [6.45, 7) is 8.32. The summed E-state index contributed by atoms with van der Waals surface area (Å²) in [5.74, 6) is 0.719. The molecule has 1 unspecified atom stereocenters. The monoisotopic (exact) mass is 227 g/mol. The molecule has 1 N–H and O–H groups in total. The molecule has 1 fully saturated rings. The second-order valence-electron chi connectivity index (χ2n) is 5.63. The van der Waals surface area contributed by atoms with Gasteiger partial charge >= 0.3 is 0 Å². The van der Waals surface area contributed by atoms with Gasteiger partial charge in [0.25, 0.3) is 0 Å². The van der Waals surface area contributed by atoms with Crippen molar-refractivity contribution in [2.24, 2.45) is 5.92 Å². The largest absolute Gasteiger partial charge is 0.315 e. The highest BCUT2D eigenvalue weighted by molar-refractivity contribution is 4.80. The van der Waals surface area contributed by atoms with Crippen LogP contribution in [0.4, 0.5) is 0 Å². The summed E-state index contributed by atoms with van der Waals surface area (Å²) >= 11 is 0. The van der Waals surface area contributed by atoms with Gasteiger partial charge in [-0.15, -0.1) is 0 Å². The topological polar surface area (TPSA) is 18.5 Å². The minimum absolute atomic E-state index is 0.635. The molecule has 1 aliphatic heterocycles. The van der Waals surface area contributed by atoms with Crippen LogP contribution in [0.3, 0.4) is 0 Å². The highest BCUT2D eigenvalue weighted by Crippen LogP contribution is 2.15. The lowest BCUT2D eigenvalue weighted by Gasteiger charge is -2.37. The Labute approximate surface area is 101 Å². The van der Waals surface area contributed by atoms with Crippen LogP contribution in [0.15, 0.2) is 0 Å². The summed E-state index contributed by atoms with van der Waals surface area (Å²) in [6.07, 6.45) is 2.64. The zero-order valence-corrected chi connectivity index (χ0v) is 11.7. The molecule has 0 bridgehead atoms. The maximum absolute atomic E-state index is 3.43. The lowest BCUT2D eigenvalue weighted by Crippen LogP contribution is -2.48. The maximum atomic E-state index is 3.43. The molecule has 0 aromatic rings. The van der Waals surface area contributed by atoms with Gasteiger partial charge in [0.1, 0.15) is 0 Å². The smallest absolute Gasteiger partial charge is 0.0214 e. The number of piperidine rings is 1. The second kappa shape index (κ2) is 6.58. The molecule has 0 aromatic heterocycles. The third kappa shape index (κ3) is 4.04. The van der Waals surface area contributed by atoms with Crippen molar-refractivity contribution in [2.45, 2.75) is 38.8 Å². The molecule has 0 radical (unpaired) electrons. The maximum Gasteiger partial charge on any atom is 0.0214 e. The van der Waals surface area contributed by atoms with E-state index in [0.29, 0.717) is 6.04 Å². The Hall–Kier alpha value is -0.120. The van der Waals surface area contributed by atoms with E-state index in [1.807, 2.05) is 0 Å². The average molecular weight is 227 g/mol. The number of hydrogen-bond donors (Lipinski definition) is 1. The van der Waals surface area contributed by atoms with E-state index in [2.05, 4.69) is 50.1 Å². The highest BCUT2D eigenvalue weighted by atomic mass is 15.2. The molecular weight excluding hydrogens is 198 g/mol. The van der Waals surface area contributed by atoms with Gasteiger partial charge in [-0.05, 0) is 53.0 Å². The summed E-state index contributed by atoms with van der Waals surface area (Å²) in [5, 5.41) is 3.43. The van der Waals surface area contributed by atoms with Gasteiger partial charge < -0.3 is 15.1 Å². The van der Waals surface area contributed by atoms with Crippen molar-refractivity contribution in [3.8, 4) is 0 Å². The Kier molecular flexibility index (Phi) is 5.73. The third-order valence-electron chi connectivity index (χ3n) is 3.92. The van der Waals surface area contributed by atoms with Crippen molar-refractivity contribution in [2.75, 3.05) is 40.8 Å². The number of hydrogen-bond acceptors (Lipinski definition) is 3. The fourth-order valence-electron chi connectivity index (χ4n) is 2.53. The first-order valence-electron chi connectivity index (χ1n) is 6.60. The number of likely N-dealkylation sites (tertiary alicyclic amines) is 1. The summed E-state index contributed by atoms with van der Waals surface area (Å²) in [4.78, 5) is 4.98. The van der Waals surface area contributed by atoms with Crippen molar-refractivity contribution >= 4 is 0 Å². The Morgan fingerprint density at radius 2 is 1.81 bits per heavy atom. The van der Waals surface area contributed by atoms with E-state index in [0.717, 1.165) is 12.0 Å². The lowest BCUT2D eigenvalue weighted by atomic mass is 10.0. The molecule has 16 heavy (non-hydrogen) atoms. The molecule has 1 atom stereocenters. The van der Waals surface area contributed by atoms with Gasteiger partial charge in [-0.2, -0.15) is 0 Å². The van der Waals surface area contributed by atoms with Gasteiger partial charge in [-0.25, -0.2) is 0 Å². The van der Waals surface area contributed by atoms with Gasteiger partial charge in [0, 0.05) is 18.6 Å². The van der Waals surface area contributed by atoms with Crippen LogP contribution in [0.25, 0.3) is 0 Å². The Balaban J connectivity index is 2.31. The van der Waals surface area contributed by atoms with Crippen LogP contribution in [0.2, 0.25) is 0 Å². The molecule has 0 spiro atoms. The van der Waals surface area contributed by atoms with E-state index in [1.54, 1.807) is 0 Å². The molecule has 0 aliphatic carbocycles. The fraction of sp³-hybridized carbons (Fsp3) is 1.00. The summed E-state index contributed by atoms with van der Waals surface area (Å²) in [7, 11) is 6.48. The van der Waals surface area contributed by atoms with Crippen LogP contribution in [0.5, 0.6) is 0 Å². The van der Waals surface area contributed by atoms with E-state index < -0.39 is 0 Å². The van der Waals surface area contributed by atoms with Crippen molar-refractivity contribution < 1.29 is 0 Å². The molecule has 0 saturated carbocycles. The Bertz CT molecular complexity index is 184. The van der Waals surface area contributed by atoms with E-state index >= 15 is 0 Å². The number of likely N-dealkylation sites (N-methyl/N-ethyl adjacent to an activating group) is 1. The van der Waals surface area contributed by atoms with E-state index in [4.69, 9.17) is 0 Å². The SMILES string of the molecule is CNC(CN1CCC(N(C)C)CC1)C(C)C. The quantitative estimate of drug-likeness (QED) is 0.763. The van der Waals surface area contributed by atoms with Gasteiger partial charge in [0.2, 0.25) is 0 Å². The Morgan fingerprint density at radius 1 is 1.25 bits per heavy atom. The average Bonchev–Trinajstić information content (AvgIpc) is 2.26. The van der Waals surface area contributed by atoms with E-state index in [1.165, 1.54) is 32.5 Å². The molecular formula is C13H29N3. The number of rotatable bonds is 5. The van der Waals surface area contributed by atoms with Gasteiger partial charge in [-0.1, -0.05) is 13.8 Å². The summed E-state index contributed by atoms with van der Waals surface area (Å²) in [5.41, 5.74) is 0. The lowest BCUT2D eigenvalue weighted by molar-refractivity contribution is 0.129. The van der Waals surface area contributed by atoms with Crippen molar-refractivity contribution in [3.63, 3.8) is 0 Å². The van der Waals surface area contributed by atoms with E-state index in [-0.39, 0.29) is 0 Å². The van der Waals surface area contributed by atoms with Gasteiger partial charge in [0.05, 0.1) is 0 Å². The minimum atomic E-state index is 0.635. The fourth-order valence-corrected chi connectivity index (χ4v) is 2.53. The number of nitrogens with zero attached hydrogens (tertiary/aromatic N) is 2. The molecule has 96 valence electrons. The zero-order valence-electron chi connectivity index (χ0n) is 11.7. The normalized spacial score (nSPS) is 21.9. The highest BCUT2D eigenvalue weighted by Gasteiger charge is 2.23. The van der Waals surface area contributed by atoms with Crippen LogP contribution < -0.4 is 5.32 Å². The Morgan fingerprint density at radius 3 is 2.19 bits per heavy atom. The third-order valence-corrected chi connectivity index (χ3v) is 3.92. The molecule has 3 nitrogen and oxygen atoms in total. The standard InChI is InChI=1S/C13H29N3/c1-11(2)13(14-3)10-16-8-6-12(7-9-16)15(4)5/h11-14H,6-10H2,1-5H3. The first-order valence-corrected chi connectivity index (χ1v) is 6.60. The van der Waals surface area contributed by atoms with Crippen LogP contribution in [0.1, 0.15) is 26.7 Å². The van der Waals surface area contributed by atoms with Crippen molar-refractivity contribution in [3.05, 3.63) is 0 Å². The predicted molar refractivity (Wildman–Crippen MR) is 70.8 cm³/mol. The van der Waals surface area contributed by atoms with Crippen molar-refractivity contribution in [1.29, 1.82) is 0 Å². The molecule has 1 heterocycles. The van der Waals surface area contributed by atoms with Crippen LogP contribution in [-0.4, -0.2) is 62.7 Å². The minimum Gasteiger partial charge on any atom is -0.315 e. The van der Waals surface area contributed by atoms with E-state index in [9.17, 15) is 0 Å². The van der Waals surface area contributed by atoms with Gasteiger partial charge in [0.15, 0.2) is 0 Å². The molecule has 0 amide bonds. The molecule has 1 saturated heterocycles. The summed E-state index contributed by atoms with van der Waals surface area (Å²) in [6, 6.07) is 1.43. The predicted octanol–water partition coefficient (Wildman–Crippen LogP) is 1.26. The van der Waals surface area contributed by atoms with Crippen LogP contribution in [-0.2, 0) is 0 Å².